The minimum absolute atomic E-state index is 0.119. The molecule has 0 bridgehead atoms. The van der Waals surface area contributed by atoms with Crippen LogP contribution in [0.5, 0.6) is 5.75 Å². The lowest BCUT2D eigenvalue weighted by Gasteiger charge is -2.15. The lowest BCUT2D eigenvalue weighted by Crippen LogP contribution is -2.22. The monoisotopic (exact) mass is 258 g/mol. The molecule has 0 aliphatic heterocycles. The fourth-order valence-corrected chi connectivity index (χ4v) is 2.43. The van der Waals surface area contributed by atoms with Gasteiger partial charge < -0.3 is 9.84 Å². The minimum Gasteiger partial charge on any atom is -0.508 e. The van der Waals surface area contributed by atoms with Gasteiger partial charge in [0.05, 0.1) is 18.8 Å². The molecule has 0 saturated carbocycles. The molecule has 94 valence electrons. The van der Waals surface area contributed by atoms with E-state index < -0.39 is 27.5 Å². The highest BCUT2D eigenvalue weighted by molar-refractivity contribution is 7.90. The van der Waals surface area contributed by atoms with E-state index in [1.165, 1.54) is 19.2 Å². The van der Waals surface area contributed by atoms with E-state index >= 15 is 0 Å². The Balaban J connectivity index is 3.16. The van der Waals surface area contributed by atoms with Gasteiger partial charge >= 0.3 is 5.97 Å². The van der Waals surface area contributed by atoms with Crippen molar-refractivity contribution in [3.05, 3.63) is 29.8 Å². The van der Waals surface area contributed by atoms with Crippen LogP contribution in [-0.4, -0.2) is 38.6 Å². The Morgan fingerprint density at radius 2 is 2.00 bits per heavy atom. The molecule has 0 amide bonds. The average Bonchev–Trinajstić information content (AvgIpc) is 2.25. The van der Waals surface area contributed by atoms with E-state index in [1.807, 2.05) is 0 Å². The average molecular weight is 258 g/mol. The van der Waals surface area contributed by atoms with Crippen LogP contribution >= 0.6 is 0 Å². The minimum atomic E-state index is -3.36. The Bertz CT molecular complexity index is 506. The maximum absolute atomic E-state index is 11.5. The fraction of sp³-hybridized carbons (Fsp3) is 0.364. The van der Waals surface area contributed by atoms with Crippen LogP contribution in [0.25, 0.3) is 0 Å². The summed E-state index contributed by atoms with van der Waals surface area (Å²) in [6.07, 6.45) is 1.03. The molecule has 0 heterocycles. The van der Waals surface area contributed by atoms with Crippen LogP contribution in [0.4, 0.5) is 0 Å². The van der Waals surface area contributed by atoms with Gasteiger partial charge in [-0.15, -0.1) is 0 Å². The number of para-hydroxylation sites is 1. The summed E-state index contributed by atoms with van der Waals surface area (Å²) in [5, 5.41) is 9.62. The topological polar surface area (TPSA) is 80.7 Å². The first-order valence-electron chi connectivity index (χ1n) is 4.88. The number of aromatic hydroxyl groups is 1. The van der Waals surface area contributed by atoms with Gasteiger partial charge in [-0.2, -0.15) is 0 Å². The van der Waals surface area contributed by atoms with Gasteiger partial charge in [0, 0.05) is 11.8 Å². The molecule has 6 heteroatoms. The molecular formula is C11H14O5S. The van der Waals surface area contributed by atoms with Gasteiger partial charge in [-0.25, -0.2) is 8.42 Å². The summed E-state index contributed by atoms with van der Waals surface area (Å²) < 4.78 is 27.1. The first kappa shape index (κ1) is 13.5. The number of esters is 1. The standard InChI is InChI=1S/C11H14O5S/c1-16-11(13)9(7-17(2,14)15)8-5-3-4-6-10(8)12/h3-6,9,12H,7H2,1-2H3. The molecule has 17 heavy (non-hydrogen) atoms. The summed E-state index contributed by atoms with van der Waals surface area (Å²) in [6.45, 7) is 0. The van der Waals surface area contributed by atoms with Crippen molar-refractivity contribution in [1.82, 2.24) is 0 Å². The lowest BCUT2D eigenvalue weighted by atomic mass is 10.0. The number of phenols is 1. The van der Waals surface area contributed by atoms with Crippen molar-refractivity contribution in [2.45, 2.75) is 5.92 Å². The first-order chi connectivity index (χ1) is 7.85. The molecule has 0 saturated heterocycles. The largest absolute Gasteiger partial charge is 0.508 e. The first-order valence-corrected chi connectivity index (χ1v) is 6.94. The predicted molar refractivity (Wildman–Crippen MR) is 62.6 cm³/mol. The second-order valence-electron chi connectivity index (χ2n) is 3.73. The highest BCUT2D eigenvalue weighted by Gasteiger charge is 2.27. The van der Waals surface area contributed by atoms with E-state index in [0.29, 0.717) is 0 Å². The van der Waals surface area contributed by atoms with Crippen LogP contribution in [0, 0.1) is 0 Å². The van der Waals surface area contributed by atoms with Crippen molar-refractivity contribution >= 4 is 15.8 Å². The van der Waals surface area contributed by atoms with Crippen LogP contribution in [0.2, 0.25) is 0 Å². The second-order valence-corrected chi connectivity index (χ2v) is 5.91. The highest BCUT2D eigenvalue weighted by Crippen LogP contribution is 2.27. The number of phenolic OH excluding ortho intramolecular Hbond substituents is 1. The van der Waals surface area contributed by atoms with Crippen LogP contribution in [0.15, 0.2) is 24.3 Å². The summed E-state index contributed by atoms with van der Waals surface area (Å²) >= 11 is 0. The van der Waals surface area contributed by atoms with E-state index in [2.05, 4.69) is 4.74 Å². The number of ether oxygens (including phenoxy) is 1. The quantitative estimate of drug-likeness (QED) is 0.804. The fourth-order valence-electron chi connectivity index (χ4n) is 1.51. The Morgan fingerprint density at radius 3 is 2.47 bits per heavy atom. The number of hydrogen-bond donors (Lipinski definition) is 1. The number of hydrogen-bond acceptors (Lipinski definition) is 5. The van der Waals surface area contributed by atoms with Gasteiger partial charge in [-0.3, -0.25) is 4.79 Å². The molecule has 0 aliphatic rings. The molecule has 0 spiro atoms. The van der Waals surface area contributed by atoms with E-state index in [0.717, 1.165) is 6.26 Å². The third-order valence-corrected chi connectivity index (χ3v) is 3.21. The molecular weight excluding hydrogens is 244 g/mol. The van der Waals surface area contributed by atoms with E-state index in [1.54, 1.807) is 12.1 Å². The summed E-state index contributed by atoms with van der Waals surface area (Å²) in [5.74, 6) is -2.20. The normalized spacial score (nSPS) is 13.1. The molecule has 1 unspecified atom stereocenters. The van der Waals surface area contributed by atoms with Gasteiger partial charge in [0.1, 0.15) is 15.6 Å². The van der Waals surface area contributed by atoms with Crippen molar-refractivity contribution in [2.24, 2.45) is 0 Å². The maximum Gasteiger partial charge on any atom is 0.314 e. The smallest absolute Gasteiger partial charge is 0.314 e. The zero-order chi connectivity index (χ0) is 13.1. The molecule has 1 aromatic carbocycles. The lowest BCUT2D eigenvalue weighted by molar-refractivity contribution is -0.141. The maximum atomic E-state index is 11.5. The van der Waals surface area contributed by atoms with Crippen molar-refractivity contribution in [3.8, 4) is 5.75 Å². The molecule has 0 radical (unpaired) electrons. The van der Waals surface area contributed by atoms with E-state index in [4.69, 9.17) is 0 Å². The Labute approximate surface area is 100.0 Å². The zero-order valence-corrected chi connectivity index (χ0v) is 10.4. The number of carbonyl (C=O) groups excluding carboxylic acids is 1. The number of methoxy groups -OCH3 is 1. The van der Waals surface area contributed by atoms with Crippen LogP contribution in [-0.2, 0) is 19.4 Å². The van der Waals surface area contributed by atoms with Gasteiger partial charge in [-0.05, 0) is 6.07 Å². The molecule has 1 aromatic rings. The van der Waals surface area contributed by atoms with Gasteiger partial charge in [0.15, 0.2) is 0 Å². The molecule has 1 rings (SSSR count). The summed E-state index contributed by atoms with van der Waals surface area (Å²) in [4.78, 5) is 11.5. The number of carbonyl (C=O) groups is 1. The summed E-state index contributed by atoms with van der Waals surface area (Å²) in [6, 6.07) is 6.11. The van der Waals surface area contributed by atoms with Crippen LogP contribution in [0.1, 0.15) is 11.5 Å². The van der Waals surface area contributed by atoms with E-state index in [9.17, 15) is 18.3 Å². The summed E-state index contributed by atoms with van der Waals surface area (Å²) in [5.41, 5.74) is 0.254. The molecule has 0 aromatic heterocycles. The molecule has 1 N–H and O–H groups in total. The third kappa shape index (κ3) is 3.74. The Kier molecular flexibility index (Phi) is 4.11. The molecule has 5 nitrogen and oxygen atoms in total. The van der Waals surface area contributed by atoms with Gasteiger partial charge in [0.2, 0.25) is 0 Å². The summed E-state index contributed by atoms with van der Waals surface area (Å²) in [7, 11) is -2.18. The van der Waals surface area contributed by atoms with Gasteiger partial charge in [0.25, 0.3) is 0 Å². The number of benzene rings is 1. The molecule has 0 fully saturated rings. The van der Waals surface area contributed by atoms with Crippen molar-refractivity contribution in [1.29, 1.82) is 0 Å². The van der Waals surface area contributed by atoms with Crippen molar-refractivity contribution in [2.75, 3.05) is 19.1 Å². The van der Waals surface area contributed by atoms with Crippen LogP contribution in [0.3, 0.4) is 0 Å². The van der Waals surface area contributed by atoms with Crippen molar-refractivity contribution in [3.63, 3.8) is 0 Å². The van der Waals surface area contributed by atoms with Crippen molar-refractivity contribution < 1.29 is 23.1 Å². The second kappa shape index (κ2) is 5.18. The third-order valence-electron chi connectivity index (χ3n) is 2.27. The Hall–Kier alpha value is -1.56. The molecule has 1 atom stereocenters. The number of sulfone groups is 1. The van der Waals surface area contributed by atoms with Gasteiger partial charge in [-0.1, -0.05) is 18.2 Å². The van der Waals surface area contributed by atoms with E-state index in [-0.39, 0.29) is 11.3 Å². The Morgan fingerprint density at radius 1 is 1.41 bits per heavy atom. The SMILES string of the molecule is COC(=O)C(CS(C)(=O)=O)c1ccccc1O. The zero-order valence-electron chi connectivity index (χ0n) is 9.58. The number of rotatable bonds is 4. The van der Waals surface area contributed by atoms with Crippen LogP contribution < -0.4 is 0 Å². The molecule has 0 aliphatic carbocycles. The highest BCUT2D eigenvalue weighted by atomic mass is 32.2. The predicted octanol–water partition coefficient (Wildman–Crippen LogP) is 0.693.